The molecular weight excluding hydrogens is 528 g/mol. The Hall–Kier alpha value is -5.38. The van der Waals surface area contributed by atoms with Crippen LogP contribution in [0.3, 0.4) is 0 Å². The molecule has 42 heavy (non-hydrogen) atoms. The molecule has 2 aromatic carbocycles. The Labute approximate surface area is 242 Å². The van der Waals surface area contributed by atoms with E-state index in [4.69, 9.17) is 4.98 Å². The third kappa shape index (κ3) is 5.22. The monoisotopic (exact) mass is 558 g/mol. The number of anilines is 1. The molecule has 10 nitrogen and oxygen atoms in total. The van der Waals surface area contributed by atoms with Gasteiger partial charge in [0.15, 0.2) is 11.5 Å². The maximum atomic E-state index is 12.3. The normalized spacial score (nSPS) is 11.4. The Balaban J connectivity index is 1.34. The first-order valence-electron chi connectivity index (χ1n) is 13.7. The van der Waals surface area contributed by atoms with Crippen molar-refractivity contribution in [2.45, 2.75) is 20.3 Å². The number of carbonyl (C=O) groups is 2. The molecule has 0 atom stereocenters. The highest BCUT2D eigenvalue weighted by Crippen LogP contribution is 2.33. The number of aromatic nitrogens is 6. The van der Waals surface area contributed by atoms with E-state index in [0.717, 1.165) is 38.7 Å². The smallest absolute Gasteiger partial charge is 0.253 e. The summed E-state index contributed by atoms with van der Waals surface area (Å²) < 4.78 is 0. The molecule has 0 bridgehead atoms. The summed E-state index contributed by atoms with van der Waals surface area (Å²) in [5.41, 5.74) is 7.77. The Bertz CT molecular complexity index is 1940. The lowest BCUT2D eigenvalue weighted by molar-refractivity contribution is -0.116. The van der Waals surface area contributed by atoms with Crippen LogP contribution < -0.4 is 5.32 Å². The summed E-state index contributed by atoms with van der Waals surface area (Å²) in [6.45, 7) is 4.01. The second kappa shape index (κ2) is 10.9. The molecule has 0 aliphatic rings. The highest BCUT2D eigenvalue weighted by Gasteiger charge is 2.17. The van der Waals surface area contributed by atoms with E-state index in [-0.39, 0.29) is 17.7 Å². The van der Waals surface area contributed by atoms with Gasteiger partial charge in [0, 0.05) is 55.2 Å². The van der Waals surface area contributed by atoms with Crippen molar-refractivity contribution in [2.24, 2.45) is 5.92 Å². The summed E-state index contributed by atoms with van der Waals surface area (Å²) in [7, 11) is 3.48. The van der Waals surface area contributed by atoms with Crippen LogP contribution in [-0.4, -0.2) is 60.9 Å². The van der Waals surface area contributed by atoms with Crippen LogP contribution >= 0.6 is 0 Å². The fourth-order valence-electron chi connectivity index (χ4n) is 4.92. The first kappa shape index (κ1) is 26.8. The van der Waals surface area contributed by atoms with Crippen molar-refractivity contribution in [1.82, 2.24) is 35.0 Å². The lowest BCUT2D eigenvalue weighted by Crippen LogP contribution is -2.21. The molecular formula is C32H30N8O2. The lowest BCUT2D eigenvalue weighted by Gasteiger charge is -2.10. The van der Waals surface area contributed by atoms with E-state index in [0.29, 0.717) is 34.8 Å². The number of rotatable bonds is 7. The summed E-state index contributed by atoms with van der Waals surface area (Å²) in [5, 5.41) is 11.2. The van der Waals surface area contributed by atoms with Crippen LogP contribution in [0.4, 0.5) is 5.69 Å². The summed E-state index contributed by atoms with van der Waals surface area (Å²) in [6, 6.07) is 17.4. The van der Waals surface area contributed by atoms with E-state index < -0.39 is 0 Å². The van der Waals surface area contributed by atoms with E-state index in [1.807, 2.05) is 68.4 Å². The minimum Gasteiger partial charge on any atom is -0.345 e. The average Bonchev–Trinajstić information content (AvgIpc) is 3.60. The SMILES string of the molecule is CC(C)CC(=O)Nc1cncc(-c2cnc3n[nH]c(-c4nc5c(-c6ccc(C(=O)N(C)C)cc6)cccc5[nH]4)c3c2)c1. The molecule has 0 unspecified atom stereocenters. The van der Waals surface area contributed by atoms with Crippen molar-refractivity contribution in [3.05, 3.63) is 78.8 Å². The number of benzene rings is 2. The third-order valence-corrected chi connectivity index (χ3v) is 6.96. The predicted molar refractivity (Wildman–Crippen MR) is 164 cm³/mol. The summed E-state index contributed by atoms with van der Waals surface area (Å²) >= 11 is 0. The molecule has 0 fully saturated rings. The molecule has 4 aromatic heterocycles. The molecule has 0 radical (unpaired) electrons. The zero-order valence-corrected chi connectivity index (χ0v) is 23.8. The molecule has 0 saturated carbocycles. The average molecular weight is 559 g/mol. The van der Waals surface area contributed by atoms with Gasteiger partial charge in [0.2, 0.25) is 5.91 Å². The number of imidazole rings is 1. The quantitative estimate of drug-likeness (QED) is 0.223. The number of H-pyrrole nitrogens is 2. The number of hydrogen-bond donors (Lipinski definition) is 3. The second-order valence-electron chi connectivity index (χ2n) is 10.9. The van der Waals surface area contributed by atoms with Crippen LogP contribution in [0.2, 0.25) is 0 Å². The number of carbonyl (C=O) groups excluding carboxylic acids is 2. The van der Waals surface area contributed by atoms with Gasteiger partial charge in [-0.1, -0.05) is 38.1 Å². The largest absolute Gasteiger partial charge is 0.345 e. The maximum Gasteiger partial charge on any atom is 0.253 e. The van der Waals surface area contributed by atoms with Crippen molar-refractivity contribution >= 4 is 39.6 Å². The van der Waals surface area contributed by atoms with E-state index in [1.165, 1.54) is 0 Å². The number of nitrogens with one attached hydrogen (secondary N) is 3. The van der Waals surface area contributed by atoms with Crippen molar-refractivity contribution in [3.63, 3.8) is 0 Å². The van der Waals surface area contributed by atoms with Crippen molar-refractivity contribution in [1.29, 1.82) is 0 Å². The Kier molecular flexibility index (Phi) is 6.95. The molecule has 6 rings (SSSR count). The fraction of sp³-hybridized carbons (Fsp3) is 0.188. The van der Waals surface area contributed by atoms with Gasteiger partial charge in [0.1, 0.15) is 5.69 Å². The maximum absolute atomic E-state index is 12.3. The Morgan fingerprint density at radius 1 is 0.952 bits per heavy atom. The van der Waals surface area contributed by atoms with Gasteiger partial charge in [-0.2, -0.15) is 5.10 Å². The van der Waals surface area contributed by atoms with Gasteiger partial charge >= 0.3 is 0 Å². The van der Waals surface area contributed by atoms with Gasteiger partial charge in [0.25, 0.3) is 5.91 Å². The van der Waals surface area contributed by atoms with Gasteiger partial charge in [-0.15, -0.1) is 0 Å². The van der Waals surface area contributed by atoms with E-state index >= 15 is 0 Å². The standard InChI is InChI=1S/C32H30N8O2/c1-18(2)12-27(41)35-23-13-21(15-33-17-23)22-14-25-29(38-39-30(25)34-16-22)31-36-26-7-5-6-24(28(26)37-31)19-8-10-20(11-9-19)32(42)40(3)4/h5-11,13-18H,12H2,1-4H3,(H,35,41)(H,36,37)(H,34,38,39). The highest BCUT2D eigenvalue weighted by molar-refractivity contribution is 5.99. The number of hydrogen-bond acceptors (Lipinski definition) is 6. The molecule has 10 heteroatoms. The van der Waals surface area contributed by atoms with Gasteiger partial charge < -0.3 is 15.2 Å². The van der Waals surface area contributed by atoms with Crippen LogP contribution in [0.25, 0.3) is 55.8 Å². The molecule has 4 heterocycles. The number of pyridine rings is 2. The molecule has 3 N–H and O–H groups in total. The minimum atomic E-state index is -0.0445. The van der Waals surface area contributed by atoms with E-state index in [2.05, 4.69) is 30.5 Å². The zero-order chi connectivity index (χ0) is 29.4. The molecule has 6 aromatic rings. The van der Waals surface area contributed by atoms with Crippen molar-refractivity contribution in [3.8, 4) is 33.8 Å². The third-order valence-electron chi connectivity index (χ3n) is 6.96. The molecule has 0 spiro atoms. The lowest BCUT2D eigenvalue weighted by atomic mass is 10.0. The first-order valence-corrected chi connectivity index (χ1v) is 13.7. The van der Waals surface area contributed by atoms with Crippen LogP contribution in [-0.2, 0) is 4.79 Å². The highest BCUT2D eigenvalue weighted by atomic mass is 16.2. The Morgan fingerprint density at radius 2 is 1.74 bits per heavy atom. The van der Waals surface area contributed by atoms with Crippen molar-refractivity contribution < 1.29 is 9.59 Å². The van der Waals surface area contributed by atoms with Crippen molar-refractivity contribution in [2.75, 3.05) is 19.4 Å². The molecule has 210 valence electrons. The van der Waals surface area contributed by atoms with Crippen LogP contribution in [0, 0.1) is 5.92 Å². The van der Waals surface area contributed by atoms with Crippen LogP contribution in [0.5, 0.6) is 0 Å². The molecule has 0 saturated heterocycles. The second-order valence-corrected chi connectivity index (χ2v) is 10.9. The number of para-hydroxylation sites is 1. The molecule has 0 aliphatic heterocycles. The minimum absolute atomic E-state index is 0.0423. The number of fused-ring (bicyclic) bond motifs is 2. The topological polar surface area (TPSA) is 133 Å². The summed E-state index contributed by atoms with van der Waals surface area (Å²) in [4.78, 5) is 43.4. The van der Waals surface area contributed by atoms with Gasteiger partial charge in [-0.05, 0) is 41.8 Å². The predicted octanol–water partition coefficient (Wildman–Crippen LogP) is 5.92. The number of aromatic amines is 2. The van der Waals surface area contributed by atoms with E-state index in [9.17, 15) is 9.59 Å². The summed E-state index contributed by atoms with van der Waals surface area (Å²) in [6.07, 6.45) is 5.56. The Morgan fingerprint density at radius 3 is 2.50 bits per heavy atom. The van der Waals surface area contributed by atoms with Crippen LogP contribution in [0.15, 0.2) is 73.2 Å². The fourth-order valence-corrected chi connectivity index (χ4v) is 4.92. The molecule has 2 amide bonds. The summed E-state index contributed by atoms with van der Waals surface area (Å²) in [5.74, 6) is 0.809. The first-order chi connectivity index (χ1) is 20.3. The van der Waals surface area contributed by atoms with Gasteiger partial charge in [-0.3, -0.25) is 19.7 Å². The van der Waals surface area contributed by atoms with Gasteiger partial charge in [-0.25, -0.2) is 9.97 Å². The number of amides is 2. The van der Waals surface area contributed by atoms with E-state index in [1.54, 1.807) is 37.6 Å². The molecule has 0 aliphatic carbocycles. The zero-order valence-electron chi connectivity index (χ0n) is 23.8. The number of nitrogens with zero attached hydrogens (tertiary/aromatic N) is 5. The van der Waals surface area contributed by atoms with Gasteiger partial charge in [0.05, 0.1) is 28.3 Å². The van der Waals surface area contributed by atoms with Crippen LogP contribution in [0.1, 0.15) is 30.6 Å².